The van der Waals surface area contributed by atoms with Crippen LogP contribution in [-0.4, -0.2) is 35.7 Å². The van der Waals surface area contributed by atoms with E-state index in [4.69, 9.17) is 20.4 Å². The number of anilines is 1. The molecule has 5 nitrogen and oxygen atoms in total. The molecule has 1 aromatic carbocycles. The number of piperidine rings is 1. The normalized spacial score (nSPS) is 17.8. The monoisotopic (exact) mass is 398 g/mol. The second-order valence-electron chi connectivity index (χ2n) is 7.87. The van der Waals surface area contributed by atoms with Crippen molar-refractivity contribution in [2.24, 2.45) is 5.73 Å². The van der Waals surface area contributed by atoms with E-state index in [9.17, 15) is 0 Å². The first-order chi connectivity index (χ1) is 13.7. The molecule has 6 heteroatoms. The molecule has 2 N–H and O–H groups in total. The molecule has 1 aliphatic heterocycles. The minimum absolute atomic E-state index is 0.264. The van der Waals surface area contributed by atoms with Gasteiger partial charge >= 0.3 is 0 Å². The van der Waals surface area contributed by atoms with Gasteiger partial charge in [-0.25, -0.2) is 9.97 Å². The summed E-state index contributed by atoms with van der Waals surface area (Å²) in [4.78, 5) is 12.3. The van der Waals surface area contributed by atoms with Crippen LogP contribution in [0.15, 0.2) is 24.3 Å². The Morgan fingerprint density at radius 3 is 2.43 bits per heavy atom. The summed E-state index contributed by atoms with van der Waals surface area (Å²) >= 11 is 0. The Balaban J connectivity index is 1.48. The first kappa shape index (κ1) is 19.6. The molecule has 1 saturated heterocycles. The third-order valence-corrected chi connectivity index (χ3v) is 6.07. The molecule has 2 aliphatic rings. The molecule has 2 fully saturated rings. The van der Waals surface area contributed by atoms with Crippen LogP contribution in [-0.2, 0) is 12.8 Å². The maximum atomic E-state index is 6.20. The largest absolute Gasteiger partial charge is 0.490 e. The summed E-state index contributed by atoms with van der Waals surface area (Å²) in [6, 6.07) is 8.24. The van der Waals surface area contributed by atoms with Crippen molar-refractivity contribution in [2.45, 2.75) is 57.5 Å². The third kappa shape index (κ3) is 4.47. The summed E-state index contributed by atoms with van der Waals surface area (Å²) < 4.78 is 6.20. The number of hydrogen-bond donors (Lipinski definition) is 1. The molecule has 2 heterocycles. The molecule has 1 atom stereocenters. The van der Waals surface area contributed by atoms with Gasteiger partial charge in [0, 0.05) is 43.1 Å². The number of ether oxygens (including phenoxy) is 1. The van der Waals surface area contributed by atoms with Gasteiger partial charge in [-0.15, -0.1) is 9.24 Å². The third-order valence-electron chi connectivity index (χ3n) is 5.68. The van der Waals surface area contributed by atoms with Gasteiger partial charge in [0.1, 0.15) is 23.5 Å². The second kappa shape index (κ2) is 8.75. The van der Waals surface area contributed by atoms with Gasteiger partial charge in [-0.05, 0) is 49.7 Å². The maximum absolute atomic E-state index is 6.20. The summed E-state index contributed by atoms with van der Waals surface area (Å²) in [7, 11) is 2.71. The Morgan fingerprint density at radius 1 is 1.11 bits per heavy atom. The lowest BCUT2D eigenvalue weighted by molar-refractivity contribution is 0.170. The van der Waals surface area contributed by atoms with E-state index < -0.39 is 0 Å². The van der Waals surface area contributed by atoms with Crippen LogP contribution in [0.4, 0.5) is 5.82 Å². The highest BCUT2D eigenvalue weighted by atomic mass is 31.0. The molecule has 1 unspecified atom stereocenters. The summed E-state index contributed by atoms with van der Waals surface area (Å²) in [6.07, 6.45) is 6.52. The van der Waals surface area contributed by atoms with Gasteiger partial charge in [0.05, 0.1) is 0 Å². The Hall–Kier alpha value is -1.71. The quantitative estimate of drug-likeness (QED) is 0.727. The summed E-state index contributed by atoms with van der Waals surface area (Å²) in [5, 5.41) is 1.18. The van der Waals surface area contributed by atoms with Crippen molar-refractivity contribution in [1.82, 2.24) is 9.97 Å². The molecule has 0 spiro atoms. The SMILES string of the molecule is CCc1nc(C2CC2)nc(N2CCC(Oc3ccc(P)cc3)CC2)c1CCN. The van der Waals surface area contributed by atoms with Gasteiger partial charge < -0.3 is 15.4 Å². The van der Waals surface area contributed by atoms with Crippen molar-refractivity contribution in [3.05, 3.63) is 41.3 Å². The highest BCUT2D eigenvalue weighted by molar-refractivity contribution is 7.27. The average molecular weight is 398 g/mol. The predicted octanol–water partition coefficient (Wildman–Crippen LogP) is 2.97. The fourth-order valence-corrected chi connectivity index (χ4v) is 4.13. The standard InChI is InChI=1S/C22H31N4OP/c1-2-20-19(9-12-23)22(25-21(24-20)15-3-4-15)26-13-10-17(11-14-26)27-16-5-7-18(28)8-6-16/h5-8,15,17H,2-4,9-14,23,28H2,1H3. The van der Waals surface area contributed by atoms with Crippen LogP contribution in [0, 0.1) is 0 Å². The van der Waals surface area contributed by atoms with Crippen LogP contribution in [0.5, 0.6) is 5.75 Å². The fraction of sp³-hybridized carbons (Fsp3) is 0.545. The molecule has 1 saturated carbocycles. The molecule has 0 radical (unpaired) electrons. The van der Waals surface area contributed by atoms with Crippen molar-refractivity contribution in [3.63, 3.8) is 0 Å². The number of rotatable bonds is 7. The van der Waals surface area contributed by atoms with Crippen LogP contribution in [0.25, 0.3) is 0 Å². The highest BCUT2D eigenvalue weighted by Gasteiger charge is 2.30. The predicted molar refractivity (Wildman–Crippen MR) is 118 cm³/mol. The first-order valence-electron chi connectivity index (χ1n) is 10.5. The van der Waals surface area contributed by atoms with Gasteiger partial charge in [-0.2, -0.15) is 0 Å². The topological polar surface area (TPSA) is 64.3 Å². The zero-order chi connectivity index (χ0) is 19.5. The van der Waals surface area contributed by atoms with Crippen molar-refractivity contribution in [2.75, 3.05) is 24.5 Å². The Labute approximate surface area is 170 Å². The second-order valence-corrected chi connectivity index (χ2v) is 8.54. The van der Waals surface area contributed by atoms with Crippen molar-refractivity contribution >= 4 is 20.4 Å². The maximum Gasteiger partial charge on any atom is 0.135 e. The molecule has 1 aromatic heterocycles. The van der Waals surface area contributed by atoms with Gasteiger partial charge in [-0.3, -0.25) is 0 Å². The van der Waals surface area contributed by atoms with Crippen molar-refractivity contribution in [3.8, 4) is 5.75 Å². The molecule has 4 rings (SSSR count). The number of nitrogens with two attached hydrogens (primary N) is 1. The van der Waals surface area contributed by atoms with Crippen LogP contribution < -0.4 is 20.7 Å². The minimum atomic E-state index is 0.264. The van der Waals surface area contributed by atoms with E-state index in [-0.39, 0.29) is 6.10 Å². The molecular formula is C22H31N4OP. The number of aryl methyl sites for hydroxylation is 1. The molecular weight excluding hydrogens is 367 g/mol. The number of benzene rings is 1. The minimum Gasteiger partial charge on any atom is -0.490 e. The Bertz CT molecular complexity index is 799. The molecule has 28 heavy (non-hydrogen) atoms. The van der Waals surface area contributed by atoms with Crippen molar-refractivity contribution in [1.29, 1.82) is 0 Å². The van der Waals surface area contributed by atoms with Crippen LogP contribution in [0.3, 0.4) is 0 Å². The molecule has 150 valence electrons. The summed E-state index contributed by atoms with van der Waals surface area (Å²) in [5.74, 6) is 3.70. The average Bonchev–Trinajstić information content (AvgIpc) is 3.56. The fourth-order valence-electron chi connectivity index (χ4n) is 3.94. The van der Waals surface area contributed by atoms with Crippen LogP contribution in [0.1, 0.15) is 55.6 Å². The van der Waals surface area contributed by atoms with Gasteiger partial charge in [0.2, 0.25) is 0 Å². The van der Waals surface area contributed by atoms with Gasteiger partial charge in [0.25, 0.3) is 0 Å². The smallest absolute Gasteiger partial charge is 0.135 e. The first-order valence-corrected chi connectivity index (χ1v) is 11.1. The van der Waals surface area contributed by atoms with E-state index in [0.29, 0.717) is 12.5 Å². The van der Waals surface area contributed by atoms with E-state index in [1.807, 2.05) is 12.1 Å². The van der Waals surface area contributed by atoms with Crippen LogP contribution >= 0.6 is 9.24 Å². The Kier molecular flexibility index (Phi) is 6.13. The number of nitrogens with zero attached hydrogens (tertiary/aromatic N) is 3. The Morgan fingerprint density at radius 2 is 1.82 bits per heavy atom. The lowest BCUT2D eigenvalue weighted by Crippen LogP contribution is -2.39. The molecule has 1 aliphatic carbocycles. The van der Waals surface area contributed by atoms with E-state index in [0.717, 1.165) is 56.2 Å². The van der Waals surface area contributed by atoms with E-state index >= 15 is 0 Å². The lowest BCUT2D eigenvalue weighted by Gasteiger charge is -2.34. The highest BCUT2D eigenvalue weighted by Crippen LogP contribution is 2.40. The molecule has 2 aromatic rings. The summed E-state index contributed by atoms with van der Waals surface area (Å²) in [5.41, 5.74) is 8.36. The van der Waals surface area contributed by atoms with E-state index in [1.165, 1.54) is 29.4 Å². The lowest BCUT2D eigenvalue weighted by atomic mass is 10.0. The zero-order valence-corrected chi connectivity index (χ0v) is 17.9. The van der Waals surface area contributed by atoms with Crippen molar-refractivity contribution < 1.29 is 4.74 Å². The molecule has 0 bridgehead atoms. The van der Waals surface area contributed by atoms with Gasteiger partial charge in [0.15, 0.2) is 0 Å². The number of hydrogen-bond acceptors (Lipinski definition) is 5. The van der Waals surface area contributed by atoms with Gasteiger partial charge in [-0.1, -0.05) is 19.1 Å². The van der Waals surface area contributed by atoms with Crippen LogP contribution in [0.2, 0.25) is 0 Å². The zero-order valence-electron chi connectivity index (χ0n) is 16.7. The summed E-state index contributed by atoms with van der Waals surface area (Å²) in [6.45, 7) is 4.75. The number of aromatic nitrogens is 2. The van der Waals surface area contributed by atoms with E-state index in [1.54, 1.807) is 0 Å². The van der Waals surface area contributed by atoms with E-state index in [2.05, 4.69) is 33.2 Å². The molecule has 0 amide bonds.